The Morgan fingerprint density at radius 3 is 2.59 bits per heavy atom. The van der Waals surface area contributed by atoms with Gasteiger partial charge in [-0.3, -0.25) is 9.48 Å². The number of pyridine rings is 1. The molecule has 0 bridgehead atoms. The molecule has 0 spiro atoms. The Kier molecular flexibility index (Phi) is 4.22. The van der Waals surface area contributed by atoms with Crippen molar-refractivity contribution in [2.45, 2.75) is 40.3 Å². The molecule has 150 valence electrons. The van der Waals surface area contributed by atoms with Crippen molar-refractivity contribution in [1.82, 2.24) is 14.3 Å². The second-order valence-electron chi connectivity index (χ2n) is 8.56. The zero-order chi connectivity index (χ0) is 21.1. The highest BCUT2D eigenvalue weighted by molar-refractivity contribution is 5.87. The lowest BCUT2D eigenvalue weighted by molar-refractivity contribution is 0.0693. The summed E-state index contributed by atoms with van der Waals surface area (Å²) in [5.41, 5.74) is 1.89. The molecule has 0 fully saturated rings. The maximum atomic E-state index is 14.5. The van der Waals surface area contributed by atoms with Crippen LogP contribution < -0.4 is 5.43 Å². The monoisotopic (exact) mass is 395 g/mol. The fraction of sp³-hybridized carbons (Fsp3) is 0.318. The van der Waals surface area contributed by atoms with E-state index in [4.69, 9.17) is 0 Å². The summed E-state index contributed by atoms with van der Waals surface area (Å²) in [6, 6.07) is 7.85. The predicted molar refractivity (Wildman–Crippen MR) is 108 cm³/mol. The summed E-state index contributed by atoms with van der Waals surface area (Å²) in [5, 5.41) is 14.0. The van der Waals surface area contributed by atoms with Crippen molar-refractivity contribution in [3.05, 3.63) is 63.7 Å². The van der Waals surface area contributed by atoms with Crippen LogP contribution >= 0.6 is 0 Å². The van der Waals surface area contributed by atoms with Crippen molar-refractivity contribution in [3.63, 3.8) is 0 Å². The van der Waals surface area contributed by atoms with Crippen molar-refractivity contribution >= 4 is 5.97 Å². The molecule has 6 nitrogen and oxygen atoms in total. The third-order valence-electron chi connectivity index (χ3n) is 5.51. The first kappa shape index (κ1) is 19.1. The van der Waals surface area contributed by atoms with Gasteiger partial charge in [0.15, 0.2) is 5.43 Å². The maximum Gasteiger partial charge on any atom is 0.341 e. The van der Waals surface area contributed by atoms with E-state index in [1.807, 2.05) is 17.6 Å². The molecule has 3 aromatic rings. The summed E-state index contributed by atoms with van der Waals surface area (Å²) in [6.07, 6.45) is 1.42. The maximum absolute atomic E-state index is 14.5. The molecule has 1 N–H and O–H groups in total. The van der Waals surface area contributed by atoms with Crippen LogP contribution in [0.2, 0.25) is 0 Å². The SMILES string of the molecule is Cc1cccc(F)c1-c1cc2n(n1)C[C@@H](C(C)(C)C)n1cc(C(=O)O)c(=O)cc1-2. The van der Waals surface area contributed by atoms with E-state index in [-0.39, 0.29) is 22.8 Å². The van der Waals surface area contributed by atoms with Crippen molar-refractivity contribution in [3.8, 4) is 22.6 Å². The average molecular weight is 395 g/mol. The first-order valence-electron chi connectivity index (χ1n) is 9.41. The highest BCUT2D eigenvalue weighted by atomic mass is 19.1. The number of carbonyl (C=O) groups is 1. The zero-order valence-electron chi connectivity index (χ0n) is 16.7. The largest absolute Gasteiger partial charge is 0.477 e. The first-order chi connectivity index (χ1) is 13.6. The Labute approximate surface area is 167 Å². The van der Waals surface area contributed by atoms with Gasteiger partial charge < -0.3 is 9.67 Å². The number of halogens is 1. The standard InChI is InChI=1S/C22H22FN3O3/c1-12-6-5-7-14(23)20(12)15-8-17-16-9-18(27)13(21(28)29)10-25(16)19(22(2,3)4)11-26(17)24-15/h5-10,19H,11H2,1-4H3,(H,28,29)/t19-/m0/s1. The molecule has 1 atom stereocenters. The van der Waals surface area contributed by atoms with Gasteiger partial charge in [0.25, 0.3) is 0 Å². The number of aromatic nitrogens is 3. The lowest BCUT2D eigenvalue weighted by Crippen LogP contribution is -2.35. The average Bonchev–Trinajstić information content (AvgIpc) is 3.03. The van der Waals surface area contributed by atoms with E-state index in [0.717, 1.165) is 5.56 Å². The summed E-state index contributed by atoms with van der Waals surface area (Å²) in [6.45, 7) is 8.47. The van der Waals surface area contributed by atoms with Gasteiger partial charge in [0, 0.05) is 17.8 Å². The fourth-order valence-electron chi connectivity index (χ4n) is 3.96. The Morgan fingerprint density at radius 2 is 1.97 bits per heavy atom. The number of hydrogen-bond acceptors (Lipinski definition) is 3. The molecule has 0 unspecified atom stereocenters. The Bertz CT molecular complexity index is 1180. The molecule has 0 radical (unpaired) electrons. The number of benzene rings is 1. The van der Waals surface area contributed by atoms with E-state index in [1.54, 1.807) is 16.8 Å². The van der Waals surface area contributed by atoms with Gasteiger partial charge in [-0.1, -0.05) is 32.9 Å². The van der Waals surface area contributed by atoms with Gasteiger partial charge in [-0.15, -0.1) is 0 Å². The molecule has 29 heavy (non-hydrogen) atoms. The normalized spacial score (nSPS) is 15.7. The van der Waals surface area contributed by atoms with Crippen molar-refractivity contribution in [1.29, 1.82) is 0 Å². The van der Waals surface area contributed by atoms with Crippen LogP contribution in [-0.4, -0.2) is 25.4 Å². The Balaban J connectivity index is 1.98. The van der Waals surface area contributed by atoms with Crippen molar-refractivity contribution < 1.29 is 14.3 Å². The minimum absolute atomic E-state index is 0.127. The van der Waals surface area contributed by atoms with Gasteiger partial charge in [-0.05, 0) is 30.0 Å². The van der Waals surface area contributed by atoms with Crippen molar-refractivity contribution in [2.75, 3.05) is 0 Å². The van der Waals surface area contributed by atoms with Gasteiger partial charge in [0.2, 0.25) is 0 Å². The molecule has 7 heteroatoms. The lowest BCUT2D eigenvalue weighted by Gasteiger charge is -2.38. The van der Waals surface area contributed by atoms with Crippen LogP contribution in [0.4, 0.5) is 4.39 Å². The van der Waals surface area contributed by atoms with Crippen LogP contribution in [0.1, 0.15) is 42.7 Å². The molecular formula is C22H22FN3O3. The predicted octanol–water partition coefficient (Wildman–Crippen LogP) is 4.13. The number of hydrogen-bond donors (Lipinski definition) is 1. The van der Waals surface area contributed by atoms with Gasteiger partial charge in [-0.2, -0.15) is 5.10 Å². The van der Waals surface area contributed by atoms with E-state index in [2.05, 4.69) is 25.9 Å². The fourth-order valence-corrected chi connectivity index (χ4v) is 3.96. The van der Waals surface area contributed by atoms with Crippen LogP contribution in [0, 0.1) is 18.2 Å². The Morgan fingerprint density at radius 1 is 1.24 bits per heavy atom. The highest BCUT2D eigenvalue weighted by Crippen LogP contribution is 2.41. The first-order valence-corrected chi connectivity index (χ1v) is 9.41. The zero-order valence-corrected chi connectivity index (χ0v) is 16.7. The number of nitrogens with zero attached hydrogens (tertiary/aromatic N) is 3. The van der Waals surface area contributed by atoms with E-state index in [1.165, 1.54) is 18.3 Å². The molecule has 1 aliphatic rings. The third kappa shape index (κ3) is 3.06. The van der Waals surface area contributed by atoms with Crippen LogP contribution in [0.5, 0.6) is 0 Å². The minimum atomic E-state index is -1.25. The van der Waals surface area contributed by atoms with Gasteiger partial charge in [-0.25, -0.2) is 9.18 Å². The molecule has 4 rings (SSSR count). The number of carboxylic acids is 1. The molecular weight excluding hydrogens is 373 g/mol. The number of carboxylic acid groups (broad SMARTS) is 1. The van der Waals surface area contributed by atoms with Gasteiger partial charge >= 0.3 is 5.97 Å². The second-order valence-corrected chi connectivity index (χ2v) is 8.56. The summed E-state index contributed by atoms with van der Waals surface area (Å²) < 4.78 is 18.1. The molecule has 1 aliphatic heterocycles. The van der Waals surface area contributed by atoms with Crippen LogP contribution in [0.25, 0.3) is 22.6 Å². The third-order valence-corrected chi connectivity index (χ3v) is 5.51. The topological polar surface area (TPSA) is 77.1 Å². The number of rotatable bonds is 2. The van der Waals surface area contributed by atoms with Gasteiger partial charge in [0.05, 0.1) is 29.7 Å². The molecule has 0 aliphatic carbocycles. The molecule has 0 saturated heterocycles. The summed E-state index contributed by atoms with van der Waals surface area (Å²) in [7, 11) is 0. The van der Waals surface area contributed by atoms with Crippen LogP contribution in [0.3, 0.4) is 0 Å². The molecule has 2 aromatic heterocycles. The van der Waals surface area contributed by atoms with E-state index in [0.29, 0.717) is 29.2 Å². The van der Waals surface area contributed by atoms with Crippen LogP contribution in [0.15, 0.2) is 41.3 Å². The van der Waals surface area contributed by atoms with E-state index < -0.39 is 11.4 Å². The van der Waals surface area contributed by atoms with E-state index in [9.17, 15) is 19.1 Å². The molecule has 1 aromatic carbocycles. The smallest absolute Gasteiger partial charge is 0.341 e. The number of aryl methyl sites for hydroxylation is 1. The number of aromatic carboxylic acids is 1. The Hall–Kier alpha value is -3.22. The van der Waals surface area contributed by atoms with E-state index >= 15 is 0 Å². The molecule has 3 heterocycles. The lowest BCUT2D eigenvalue weighted by atomic mass is 9.85. The number of fused-ring (bicyclic) bond motifs is 3. The van der Waals surface area contributed by atoms with Crippen molar-refractivity contribution in [2.24, 2.45) is 5.41 Å². The van der Waals surface area contributed by atoms with Gasteiger partial charge in [0.1, 0.15) is 11.4 Å². The summed E-state index contributed by atoms with van der Waals surface area (Å²) in [5.74, 6) is -1.61. The minimum Gasteiger partial charge on any atom is -0.477 e. The molecule has 0 amide bonds. The summed E-state index contributed by atoms with van der Waals surface area (Å²) in [4.78, 5) is 23.9. The second kappa shape index (κ2) is 6.40. The summed E-state index contributed by atoms with van der Waals surface area (Å²) >= 11 is 0. The molecule has 0 saturated carbocycles. The van der Waals surface area contributed by atoms with Crippen LogP contribution in [-0.2, 0) is 6.54 Å². The quantitative estimate of drug-likeness (QED) is 0.708. The highest BCUT2D eigenvalue weighted by Gasteiger charge is 2.34.